The van der Waals surface area contributed by atoms with Crippen LogP contribution >= 0.6 is 11.8 Å². The number of carbonyl (C=O) groups excluding carboxylic acids is 1. The number of aliphatic hydroxyl groups is 1. The summed E-state index contributed by atoms with van der Waals surface area (Å²) in [7, 11) is -5.45. The van der Waals surface area contributed by atoms with Crippen LogP contribution in [0.15, 0.2) is 0 Å². The minimum Gasteiger partial charge on any atom is -0.361 e. The maximum absolute atomic E-state index is 13.1. The normalized spacial score (nSPS) is 18.3. The first kappa shape index (κ1) is 16.4. The van der Waals surface area contributed by atoms with Crippen LogP contribution in [0.3, 0.4) is 0 Å². The van der Waals surface area contributed by atoms with Gasteiger partial charge in [0.25, 0.3) is 5.72 Å². The molecule has 0 aliphatic rings. The van der Waals surface area contributed by atoms with Crippen LogP contribution in [0.4, 0.5) is 13.2 Å². The second kappa shape index (κ2) is 4.97. The smallest absolute Gasteiger partial charge is 0.361 e. The monoisotopic (exact) mass is 299 g/mol. The average Bonchev–Trinajstić information content (AvgIpc) is 2.13. The lowest BCUT2D eigenvalue weighted by Gasteiger charge is -2.30. The Morgan fingerprint density at radius 3 is 2.24 bits per heavy atom. The van der Waals surface area contributed by atoms with Crippen molar-refractivity contribution in [2.45, 2.75) is 17.2 Å². The zero-order valence-electron chi connectivity index (χ0n) is 8.13. The van der Waals surface area contributed by atoms with Gasteiger partial charge in [0.1, 0.15) is 0 Å². The standard InChI is InChI=1S/C5H8F3NO6S2/c1-16-2(6)4(7,8)5(9,11)3(10)15-17(12,13)14/h2,11H,9H2,1H3,(H,12,13,14). The van der Waals surface area contributed by atoms with Crippen LogP contribution in [0, 0.1) is 0 Å². The lowest BCUT2D eigenvalue weighted by molar-refractivity contribution is -0.211. The molecule has 0 heterocycles. The van der Waals surface area contributed by atoms with Crippen molar-refractivity contribution in [2.24, 2.45) is 5.73 Å². The van der Waals surface area contributed by atoms with Crippen LogP contribution in [0.2, 0.25) is 0 Å². The highest BCUT2D eigenvalue weighted by Crippen LogP contribution is 2.36. The number of nitrogens with two attached hydrogens (primary N) is 1. The highest BCUT2D eigenvalue weighted by molar-refractivity contribution is 7.99. The van der Waals surface area contributed by atoms with E-state index in [1.54, 1.807) is 0 Å². The van der Waals surface area contributed by atoms with E-state index in [9.17, 15) is 26.4 Å². The minimum absolute atomic E-state index is 0.0824. The van der Waals surface area contributed by atoms with Crippen LogP contribution < -0.4 is 5.73 Å². The quantitative estimate of drug-likeness (QED) is 0.448. The Morgan fingerprint density at radius 2 is 1.94 bits per heavy atom. The van der Waals surface area contributed by atoms with Gasteiger partial charge in [0.2, 0.25) is 5.50 Å². The zero-order valence-corrected chi connectivity index (χ0v) is 9.77. The molecule has 0 spiro atoms. The fourth-order valence-corrected chi connectivity index (χ4v) is 1.41. The number of carbonyl (C=O) groups is 1. The van der Waals surface area contributed by atoms with Crippen molar-refractivity contribution >= 4 is 28.1 Å². The first-order chi connectivity index (χ1) is 7.36. The summed E-state index contributed by atoms with van der Waals surface area (Å²) in [4.78, 5) is 10.8. The van der Waals surface area contributed by atoms with E-state index in [1.807, 2.05) is 0 Å². The van der Waals surface area contributed by atoms with Gasteiger partial charge >= 0.3 is 22.3 Å². The topological polar surface area (TPSA) is 127 Å². The number of rotatable bonds is 5. The first-order valence-corrected chi connectivity index (χ1v) is 6.28. The van der Waals surface area contributed by atoms with Gasteiger partial charge in [-0.3, -0.25) is 10.3 Å². The third-order valence-electron chi connectivity index (χ3n) is 1.49. The molecule has 0 aliphatic carbocycles. The van der Waals surface area contributed by atoms with Crippen LogP contribution in [-0.4, -0.2) is 47.5 Å². The lowest BCUT2D eigenvalue weighted by Crippen LogP contribution is -2.65. The van der Waals surface area contributed by atoms with Gasteiger partial charge < -0.3 is 9.29 Å². The first-order valence-electron chi connectivity index (χ1n) is 3.63. The molecule has 0 aliphatic heterocycles. The number of halogens is 3. The molecule has 12 heteroatoms. The van der Waals surface area contributed by atoms with Crippen molar-refractivity contribution in [3.8, 4) is 0 Å². The Labute approximate surface area is 98.1 Å². The lowest BCUT2D eigenvalue weighted by atomic mass is 10.1. The Balaban J connectivity index is 5.20. The molecular weight excluding hydrogens is 291 g/mol. The number of hydrogen-bond donors (Lipinski definition) is 3. The van der Waals surface area contributed by atoms with Gasteiger partial charge in [-0.25, -0.2) is 9.18 Å². The summed E-state index contributed by atoms with van der Waals surface area (Å²) in [6, 6.07) is 0. The predicted octanol–water partition coefficient (Wildman–Crippen LogP) is -0.726. The molecule has 0 saturated heterocycles. The summed E-state index contributed by atoms with van der Waals surface area (Å²) in [5.74, 6) is -7.43. The summed E-state index contributed by atoms with van der Waals surface area (Å²) >= 11 is -0.0824. The van der Waals surface area contributed by atoms with Gasteiger partial charge in [0, 0.05) is 0 Å². The molecule has 102 valence electrons. The summed E-state index contributed by atoms with van der Waals surface area (Å²) in [5.41, 5.74) is -2.91. The predicted molar refractivity (Wildman–Crippen MR) is 50.1 cm³/mol. The molecule has 17 heavy (non-hydrogen) atoms. The van der Waals surface area contributed by atoms with Crippen LogP contribution in [0.1, 0.15) is 0 Å². The van der Waals surface area contributed by atoms with E-state index in [0.717, 1.165) is 6.26 Å². The average molecular weight is 299 g/mol. The molecule has 7 nitrogen and oxygen atoms in total. The van der Waals surface area contributed by atoms with E-state index in [-0.39, 0.29) is 11.8 Å². The molecule has 0 aromatic rings. The third-order valence-corrected chi connectivity index (χ3v) is 2.56. The largest absolute Gasteiger partial charge is 0.449 e. The summed E-state index contributed by atoms with van der Waals surface area (Å²) in [6.07, 6.45) is 0.892. The minimum atomic E-state index is -5.45. The summed E-state index contributed by atoms with van der Waals surface area (Å²) in [6.45, 7) is 0. The maximum atomic E-state index is 13.1. The van der Waals surface area contributed by atoms with Crippen molar-refractivity contribution < 1.29 is 40.2 Å². The zero-order chi connectivity index (χ0) is 14.1. The molecule has 0 fully saturated rings. The van der Waals surface area contributed by atoms with Crippen molar-refractivity contribution in [2.75, 3.05) is 6.26 Å². The molecule has 0 rings (SSSR count). The molecule has 0 aromatic carbocycles. The molecule has 2 unspecified atom stereocenters. The fourth-order valence-electron chi connectivity index (χ4n) is 0.616. The Bertz CT molecular complexity index is 396. The van der Waals surface area contributed by atoms with Gasteiger partial charge in [0.15, 0.2) is 0 Å². The van der Waals surface area contributed by atoms with E-state index < -0.39 is 33.5 Å². The molecule has 2 atom stereocenters. The second-order valence-corrected chi connectivity index (χ2v) is 4.65. The number of alkyl halides is 3. The molecule has 0 amide bonds. The maximum Gasteiger partial charge on any atom is 0.449 e. The van der Waals surface area contributed by atoms with Crippen molar-refractivity contribution in [1.29, 1.82) is 0 Å². The molecule has 0 aromatic heterocycles. The molecule has 0 radical (unpaired) electrons. The highest BCUT2D eigenvalue weighted by atomic mass is 32.3. The van der Waals surface area contributed by atoms with Crippen LogP contribution in [0.25, 0.3) is 0 Å². The van der Waals surface area contributed by atoms with E-state index >= 15 is 0 Å². The van der Waals surface area contributed by atoms with Gasteiger partial charge in [0.05, 0.1) is 0 Å². The Hall–Kier alpha value is -0.560. The van der Waals surface area contributed by atoms with Crippen LogP contribution in [0.5, 0.6) is 0 Å². The Kier molecular flexibility index (Phi) is 4.81. The van der Waals surface area contributed by atoms with Gasteiger partial charge in [-0.15, -0.1) is 11.8 Å². The SMILES string of the molecule is CSC(F)C(F)(F)C(N)(O)C(=O)OS(=O)(=O)O. The van der Waals surface area contributed by atoms with E-state index in [4.69, 9.17) is 9.66 Å². The van der Waals surface area contributed by atoms with Gasteiger partial charge in [-0.1, -0.05) is 0 Å². The molecule has 4 N–H and O–H groups in total. The second-order valence-electron chi connectivity index (χ2n) is 2.74. The third kappa shape index (κ3) is 3.70. The fraction of sp³-hybridized carbons (Fsp3) is 0.800. The van der Waals surface area contributed by atoms with Crippen molar-refractivity contribution in [3.05, 3.63) is 0 Å². The van der Waals surface area contributed by atoms with Crippen molar-refractivity contribution in [3.63, 3.8) is 0 Å². The number of thioether (sulfide) groups is 1. The van der Waals surface area contributed by atoms with Crippen LogP contribution in [-0.2, 0) is 19.4 Å². The molecular formula is C5H8F3NO6S2. The van der Waals surface area contributed by atoms with Gasteiger partial charge in [-0.05, 0) is 6.26 Å². The molecule has 0 bridgehead atoms. The summed E-state index contributed by atoms with van der Waals surface area (Å²) < 4.78 is 70.1. The summed E-state index contributed by atoms with van der Waals surface area (Å²) in [5, 5.41) is 8.90. The number of hydrogen-bond acceptors (Lipinski definition) is 7. The van der Waals surface area contributed by atoms with E-state index in [0.29, 0.717) is 0 Å². The highest BCUT2D eigenvalue weighted by Gasteiger charge is 2.63. The molecule has 0 saturated carbocycles. The van der Waals surface area contributed by atoms with E-state index in [1.165, 1.54) is 0 Å². The van der Waals surface area contributed by atoms with E-state index in [2.05, 4.69) is 9.92 Å². The Morgan fingerprint density at radius 1 is 1.53 bits per heavy atom. The van der Waals surface area contributed by atoms with Crippen molar-refractivity contribution in [1.82, 2.24) is 0 Å². The van der Waals surface area contributed by atoms with Gasteiger partial charge in [-0.2, -0.15) is 17.2 Å².